The van der Waals surface area contributed by atoms with Gasteiger partial charge in [0.1, 0.15) is 6.26 Å². The smallest absolute Gasteiger partial charge is 0.303 e. The van der Waals surface area contributed by atoms with E-state index in [1.807, 2.05) is 0 Å². The van der Waals surface area contributed by atoms with Crippen LogP contribution in [0.5, 0.6) is 0 Å². The third-order valence-corrected chi connectivity index (χ3v) is 2.39. The maximum absolute atomic E-state index is 10.4. The molecule has 5 nitrogen and oxygen atoms in total. The molecule has 0 amide bonds. The van der Waals surface area contributed by atoms with E-state index < -0.39 is 5.97 Å². The van der Waals surface area contributed by atoms with E-state index in [9.17, 15) is 4.79 Å². The average molecular weight is 196 g/mol. The van der Waals surface area contributed by atoms with Gasteiger partial charge in [-0.2, -0.15) is 0 Å². The van der Waals surface area contributed by atoms with Crippen molar-refractivity contribution < 1.29 is 14.4 Å². The van der Waals surface area contributed by atoms with Crippen LogP contribution in [-0.2, 0) is 11.3 Å². The van der Waals surface area contributed by atoms with E-state index in [1.165, 1.54) is 0 Å². The van der Waals surface area contributed by atoms with Gasteiger partial charge in [-0.25, -0.2) is 0 Å². The summed E-state index contributed by atoms with van der Waals surface area (Å²) < 4.78 is 4.70. The van der Waals surface area contributed by atoms with Crippen LogP contribution in [0.4, 0.5) is 0 Å². The molecule has 0 unspecified atom stereocenters. The molecule has 1 saturated heterocycles. The van der Waals surface area contributed by atoms with Gasteiger partial charge in [-0.1, -0.05) is 5.16 Å². The highest BCUT2D eigenvalue weighted by molar-refractivity contribution is 5.67. The molecule has 2 heterocycles. The molecule has 5 heteroatoms. The summed E-state index contributed by atoms with van der Waals surface area (Å²) in [6.07, 6.45) is 3.58. The number of hydrogen-bond acceptors (Lipinski definition) is 4. The fourth-order valence-corrected chi connectivity index (χ4v) is 1.74. The number of hydrogen-bond donors (Lipinski definition) is 1. The third-order valence-electron chi connectivity index (χ3n) is 2.39. The first-order chi connectivity index (χ1) is 6.74. The molecule has 0 atom stereocenters. The van der Waals surface area contributed by atoms with Crippen molar-refractivity contribution in [3.8, 4) is 0 Å². The van der Waals surface area contributed by atoms with Crippen LogP contribution < -0.4 is 0 Å². The van der Waals surface area contributed by atoms with Gasteiger partial charge in [-0.3, -0.25) is 9.69 Å². The Balaban J connectivity index is 1.71. The summed E-state index contributed by atoms with van der Waals surface area (Å²) in [5.41, 5.74) is 1.04. The summed E-state index contributed by atoms with van der Waals surface area (Å²) in [4.78, 5) is 12.6. The van der Waals surface area contributed by atoms with Gasteiger partial charge in [0.05, 0.1) is 12.6 Å². The van der Waals surface area contributed by atoms with Crippen molar-refractivity contribution in [1.29, 1.82) is 0 Å². The molecule has 14 heavy (non-hydrogen) atoms. The van der Waals surface area contributed by atoms with Gasteiger partial charge in [0.2, 0.25) is 0 Å². The minimum Gasteiger partial charge on any atom is -0.481 e. The van der Waals surface area contributed by atoms with E-state index in [4.69, 9.17) is 9.63 Å². The lowest BCUT2D eigenvalue weighted by molar-refractivity contribution is -0.139. The molecular weight excluding hydrogens is 184 g/mol. The predicted octanol–water partition coefficient (Wildman–Crippen LogP) is 0.581. The lowest BCUT2D eigenvalue weighted by Gasteiger charge is -2.38. The molecule has 1 fully saturated rings. The minimum absolute atomic E-state index is 0.278. The number of aliphatic carboxylic acids is 1. The van der Waals surface area contributed by atoms with Crippen molar-refractivity contribution in [2.45, 2.75) is 13.0 Å². The largest absolute Gasteiger partial charge is 0.481 e. The van der Waals surface area contributed by atoms with E-state index in [-0.39, 0.29) is 6.42 Å². The monoisotopic (exact) mass is 196 g/mol. The standard InChI is InChI=1S/C9H12N2O3/c12-9(13)1-7-3-11(4-7)5-8-2-10-14-6-8/h2,6-7H,1,3-5H2,(H,12,13). The van der Waals surface area contributed by atoms with Gasteiger partial charge in [0, 0.05) is 25.2 Å². The van der Waals surface area contributed by atoms with Crippen LogP contribution in [0.25, 0.3) is 0 Å². The molecule has 0 bridgehead atoms. The number of aromatic nitrogens is 1. The Morgan fingerprint density at radius 2 is 2.50 bits per heavy atom. The van der Waals surface area contributed by atoms with Crippen LogP contribution in [0.1, 0.15) is 12.0 Å². The zero-order chi connectivity index (χ0) is 9.97. The molecule has 1 N–H and O–H groups in total. The summed E-state index contributed by atoms with van der Waals surface area (Å²) >= 11 is 0. The first-order valence-electron chi connectivity index (χ1n) is 4.56. The molecule has 1 aliphatic heterocycles. The zero-order valence-electron chi connectivity index (χ0n) is 7.72. The quantitative estimate of drug-likeness (QED) is 0.763. The van der Waals surface area contributed by atoms with Crippen molar-refractivity contribution in [3.63, 3.8) is 0 Å². The van der Waals surface area contributed by atoms with Gasteiger partial charge in [-0.05, 0) is 5.92 Å². The molecule has 0 saturated carbocycles. The number of carboxylic acids is 1. The van der Waals surface area contributed by atoms with Gasteiger partial charge in [-0.15, -0.1) is 0 Å². The number of rotatable bonds is 4. The summed E-state index contributed by atoms with van der Waals surface area (Å²) in [7, 11) is 0. The van der Waals surface area contributed by atoms with Crippen molar-refractivity contribution in [2.24, 2.45) is 5.92 Å². The summed E-state index contributed by atoms with van der Waals surface area (Å²) in [6, 6.07) is 0. The average Bonchev–Trinajstić information content (AvgIpc) is 2.52. The number of carboxylic acid groups (broad SMARTS) is 1. The Morgan fingerprint density at radius 1 is 1.71 bits per heavy atom. The molecule has 1 aromatic heterocycles. The fourth-order valence-electron chi connectivity index (χ4n) is 1.74. The molecule has 0 spiro atoms. The molecular formula is C9H12N2O3. The Bertz CT molecular complexity index is 304. The van der Waals surface area contributed by atoms with Crippen LogP contribution in [0, 0.1) is 5.92 Å². The van der Waals surface area contributed by atoms with E-state index >= 15 is 0 Å². The van der Waals surface area contributed by atoms with Crippen molar-refractivity contribution in [1.82, 2.24) is 10.1 Å². The van der Waals surface area contributed by atoms with Crippen LogP contribution >= 0.6 is 0 Å². The number of likely N-dealkylation sites (tertiary alicyclic amines) is 1. The van der Waals surface area contributed by atoms with Gasteiger partial charge in [0.15, 0.2) is 0 Å². The van der Waals surface area contributed by atoms with Crippen LogP contribution in [-0.4, -0.2) is 34.2 Å². The highest BCUT2D eigenvalue weighted by Crippen LogP contribution is 2.20. The summed E-state index contributed by atoms with van der Waals surface area (Å²) in [5, 5.41) is 12.2. The number of carbonyl (C=O) groups is 1. The second kappa shape index (κ2) is 3.79. The van der Waals surface area contributed by atoms with E-state index in [1.54, 1.807) is 12.5 Å². The van der Waals surface area contributed by atoms with Crippen LogP contribution in [0.15, 0.2) is 17.0 Å². The topological polar surface area (TPSA) is 66.6 Å². The Labute approximate surface area is 81.3 Å². The van der Waals surface area contributed by atoms with E-state index in [2.05, 4.69) is 10.1 Å². The minimum atomic E-state index is -0.709. The molecule has 1 aliphatic rings. The molecule has 1 aromatic rings. The molecule has 0 radical (unpaired) electrons. The van der Waals surface area contributed by atoms with Gasteiger partial charge >= 0.3 is 5.97 Å². The SMILES string of the molecule is O=C(O)CC1CN(Cc2cnoc2)C1. The van der Waals surface area contributed by atoms with Crippen LogP contribution in [0.2, 0.25) is 0 Å². The predicted molar refractivity (Wildman–Crippen MR) is 47.5 cm³/mol. The third kappa shape index (κ3) is 2.11. The highest BCUT2D eigenvalue weighted by Gasteiger charge is 2.28. The fraction of sp³-hybridized carbons (Fsp3) is 0.556. The van der Waals surface area contributed by atoms with Crippen LogP contribution in [0.3, 0.4) is 0 Å². The molecule has 0 aliphatic carbocycles. The molecule has 76 valence electrons. The van der Waals surface area contributed by atoms with Crippen molar-refractivity contribution in [2.75, 3.05) is 13.1 Å². The first kappa shape index (κ1) is 9.21. The van der Waals surface area contributed by atoms with Crippen molar-refractivity contribution >= 4 is 5.97 Å². The first-order valence-corrected chi connectivity index (χ1v) is 4.56. The van der Waals surface area contributed by atoms with E-state index in [0.717, 1.165) is 25.2 Å². The Kier molecular flexibility index (Phi) is 2.49. The van der Waals surface area contributed by atoms with Gasteiger partial charge in [0.25, 0.3) is 0 Å². The molecule has 0 aromatic carbocycles. The zero-order valence-corrected chi connectivity index (χ0v) is 7.72. The summed E-state index contributed by atoms with van der Waals surface area (Å²) in [6.45, 7) is 2.52. The normalized spacial score (nSPS) is 18.0. The second-order valence-corrected chi connectivity index (χ2v) is 3.69. The lowest BCUT2D eigenvalue weighted by atomic mass is 9.96. The summed E-state index contributed by atoms with van der Waals surface area (Å²) in [5.74, 6) is -0.396. The number of nitrogens with zero attached hydrogens (tertiary/aromatic N) is 2. The Hall–Kier alpha value is -1.36. The maximum atomic E-state index is 10.4. The Morgan fingerprint density at radius 3 is 3.07 bits per heavy atom. The molecule has 2 rings (SSSR count). The highest BCUT2D eigenvalue weighted by atomic mass is 16.5. The maximum Gasteiger partial charge on any atom is 0.303 e. The van der Waals surface area contributed by atoms with Crippen molar-refractivity contribution in [3.05, 3.63) is 18.0 Å². The van der Waals surface area contributed by atoms with Gasteiger partial charge < -0.3 is 9.63 Å². The lowest BCUT2D eigenvalue weighted by Crippen LogP contribution is -2.46. The second-order valence-electron chi connectivity index (χ2n) is 3.69. The van der Waals surface area contributed by atoms with E-state index in [0.29, 0.717) is 5.92 Å².